The van der Waals surface area contributed by atoms with E-state index in [1.807, 2.05) is 16.8 Å². The Morgan fingerprint density at radius 2 is 1.80 bits per heavy atom. The summed E-state index contributed by atoms with van der Waals surface area (Å²) in [4.78, 5) is 4.98. The van der Waals surface area contributed by atoms with Crippen molar-refractivity contribution in [3.63, 3.8) is 0 Å². The van der Waals surface area contributed by atoms with Crippen molar-refractivity contribution in [2.24, 2.45) is 0 Å². The topological polar surface area (TPSA) is 77.8 Å². The molecule has 0 unspecified atom stereocenters. The molecule has 2 aromatic carbocycles. The Hall–Kier alpha value is -3.01. The summed E-state index contributed by atoms with van der Waals surface area (Å²) in [5.74, 6) is 2.25. The first-order valence-electron chi connectivity index (χ1n) is 12.3. The van der Waals surface area contributed by atoms with Crippen LogP contribution in [0.2, 0.25) is 0 Å². The van der Waals surface area contributed by atoms with Crippen LogP contribution in [0.4, 0.5) is 0 Å². The molecule has 3 aromatic rings. The third-order valence-electron chi connectivity index (χ3n) is 6.95. The predicted molar refractivity (Wildman–Crippen MR) is 131 cm³/mol. The highest BCUT2D eigenvalue weighted by Crippen LogP contribution is 2.35. The second-order valence-corrected chi connectivity index (χ2v) is 9.17. The lowest BCUT2D eigenvalue weighted by Crippen LogP contribution is -2.48. The number of aromatic nitrogens is 4. The van der Waals surface area contributed by atoms with Crippen LogP contribution in [0.25, 0.3) is 0 Å². The molecule has 2 saturated heterocycles. The molecule has 0 aliphatic carbocycles. The van der Waals surface area contributed by atoms with Gasteiger partial charge in [0.05, 0.1) is 32.9 Å². The van der Waals surface area contributed by atoms with Gasteiger partial charge in [-0.05, 0) is 46.5 Å². The Morgan fingerprint density at radius 1 is 1.00 bits per heavy atom. The molecule has 5 rings (SSSR count). The monoisotopic (exact) mass is 478 g/mol. The molecule has 0 N–H and O–H groups in total. The largest absolute Gasteiger partial charge is 0.493 e. The number of methoxy groups -OCH3 is 2. The van der Waals surface area contributed by atoms with Crippen molar-refractivity contribution in [1.29, 1.82) is 0 Å². The molecular formula is C26H34N6O3. The average Bonchev–Trinajstić information content (AvgIpc) is 3.59. The molecule has 3 heterocycles. The zero-order valence-electron chi connectivity index (χ0n) is 20.5. The highest BCUT2D eigenvalue weighted by Gasteiger charge is 2.32. The predicted octanol–water partition coefficient (Wildman–Crippen LogP) is 2.78. The molecule has 2 aliphatic heterocycles. The number of rotatable bonds is 9. The highest BCUT2D eigenvalue weighted by molar-refractivity contribution is 5.45. The molecule has 0 amide bonds. The molecule has 186 valence electrons. The lowest BCUT2D eigenvalue weighted by atomic mass is 10.0. The van der Waals surface area contributed by atoms with Crippen LogP contribution in [0.15, 0.2) is 48.5 Å². The third-order valence-corrected chi connectivity index (χ3v) is 6.95. The smallest absolute Gasteiger partial charge is 0.173 e. The van der Waals surface area contributed by atoms with Crippen LogP contribution in [0.3, 0.4) is 0 Å². The Kier molecular flexibility index (Phi) is 7.56. The van der Waals surface area contributed by atoms with Gasteiger partial charge in [-0.25, -0.2) is 4.68 Å². The van der Waals surface area contributed by atoms with Crippen LogP contribution in [-0.2, 0) is 17.8 Å². The van der Waals surface area contributed by atoms with Gasteiger partial charge in [-0.2, -0.15) is 0 Å². The van der Waals surface area contributed by atoms with Gasteiger partial charge in [0.15, 0.2) is 17.3 Å². The number of hydrogen-bond donors (Lipinski definition) is 0. The van der Waals surface area contributed by atoms with Crippen molar-refractivity contribution in [2.75, 3.05) is 47.0 Å². The van der Waals surface area contributed by atoms with E-state index in [1.165, 1.54) is 5.56 Å². The number of benzene rings is 2. The molecule has 0 saturated carbocycles. The SMILES string of the molecule is COc1ccc([C@@H](c2nnnn2C[C@H]2CCCO2)N2CCN(Cc3ccccc3)CC2)cc1OC. The summed E-state index contributed by atoms with van der Waals surface area (Å²) in [5.41, 5.74) is 2.43. The molecule has 1 aromatic heterocycles. The summed E-state index contributed by atoms with van der Waals surface area (Å²) < 4.78 is 18.9. The van der Waals surface area contributed by atoms with Crippen molar-refractivity contribution < 1.29 is 14.2 Å². The summed E-state index contributed by atoms with van der Waals surface area (Å²) in [6.45, 7) is 6.23. The number of ether oxygens (including phenoxy) is 3. The van der Waals surface area contributed by atoms with E-state index in [9.17, 15) is 0 Å². The number of hydrogen-bond acceptors (Lipinski definition) is 8. The van der Waals surface area contributed by atoms with Crippen LogP contribution in [0, 0.1) is 0 Å². The molecule has 35 heavy (non-hydrogen) atoms. The Labute approximate surface area is 206 Å². The first-order valence-corrected chi connectivity index (χ1v) is 12.3. The second kappa shape index (κ2) is 11.2. The van der Waals surface area contributed by atoms with E-state index >= 15 is 0 Å². The summed E-state index contributed by atoms with van der Waals surface area (Å²) in [6.07, 6.45) is 2.29. The van der Waals surface area contributed by atoms with Crippen molar-refractivity contribution in [2.45, 2.75) is 38.1 Å². The van der Waals surface area contributed by atoms with E-state index in [1.54, 1.807) is 14.2 Å². The molecule has 2 fully saturated rings. The minimum atomic E-state index is -0.0925. The van der Waals surface area contributed by atoms with Gasteiger partial charge in [0.2, 0.25) is 0 Å². The fourth-order valence-electron chi connectivity index (χ4n) is 5.09. The van der Waals surface area contributed by atoms with Gasteiger partial charge in [-0.3, -0.25) is 9.80 Å². The summed E-state index contributed by atoms with van der Waals surface area (Å²) in [6, 6.07) is 16.7. The zero-order chi connectivity index (χ0) is 24.0. The number of tetrazole rings is 1. The molecule has 0 bridgehead atoms. The lowest BCUT2D eigenvalue weighted by Gasteiger charge is -2.39. The van der Waals surface area contributed by atoms with Crippen molar-refractivity contribution in [1.82, 2.24) is 30.0 Å². The fourth-order valence-corrected chi connectivity index (χ4v) is 5.09. The van der Waals surface area contributed by atoms with Gasteiger partial charge >= 0.3 is 0 Å². The van der Waals surface area contributed by atoms with E-state index in [4.69, 9.17) is 14.2 Å². The Bertz CT molecular complexity index is 1080. The minimum absolute atomic E-state index is 0.0925. The lowest BCUT2D eigenvalue weighted by molar-refractivity contribution is 0.0841. The first-order chi connectivity index (χ1) is 17.2. The van der Waals surface area contributed by atoms with E-state index in [2.05, 4.69) is 61.7 Å². The zero-order valence-corrected chi connectivity index (χ0v) is 20.5. The van der Waals surface area contributed by atoms with Gasteiger partial charge in [-0.15, -0.1) is 5.10 Å². The van der Waals surface area contributed by atoms with Crippen molar-refractivity contribution in [3.8, 4) is 11.5 Å². The minimum Gasteiger partial charge on any atom is -0.493 e. The molecule has 2 aliphatic rings. The van der Waals surface area contributed by atoms with Crippen molar-refractivity contribution >= 4 is 0 Å². The normalized spacial score (nSPS) is 20.1. The summed E-state index contributed by atoms with van der Waals surface area (Å²) in [5, 5.41) is 12.9. The molecule has 0 radical (unpaired) electrons. The van der Waals surface area contributed by atoms with Gasteiger partial charge in [-0.1, -0.05) is 36.4 Å². The van der Waals surface area contributed by atoms with Gasteiger partial charge in [0.25, 0.3) is 0 Å². The molecule has 0 spiro atoms. The molecule has 2 atom stereocenters. The first kappa shape index (κ1) is 23.7. The van der Waals surface area contributed by atoms with E-state index in [-0.39, 0.29) is 12.1 Å². The summed E-state index contributed by atoms with van der Waals surface area (Å²) >= 11 is 0. The van der Waals surface area contributed by atoms with Crippen LogP contribution >= 0.6 is 0 Å². The van der Waals surface area contributed by atoms with Crippen LogP contribution in [0.5, 0.6) is 11.5 Å². The van der Waals surface area contributed by atoms with Gasteiger partial charge < -0.3 is 14.2 Å². The standard InChI is InChI=1S/C26H34N6O3/c1-33-23-11-10-21(17-24(23)34-2)25(26-27-28-29-32(26)19-22-9-6-16-35-22)31-14-12-30(13-15-31)18-20-7-4-3-5-8-20/h3-5,7-8,10-11,17,22,25H,6,9,12-16,18-19H2,1-2H3/t22-,25+/m1/s1. The number of nitrogens with zero attached hydrogens (tertiary/aromatic N) is 6. The maximum absolute atomic E-state index is 5.88. The van der Waals surface area contributed by atoms with E-state index in [0.29, 0.717) is 18.0 Å². The van der Waals surface area contributed by atoms with Crippen LogP contribution in [0.1, 0.15) is 35.8 Å². The Balaban J connectivity index is 1.40. The average molecular weight is 479 g/mol. The van der Waals surface area contributed by atoms with Crippen LogP contribution in [-0.4, -0.2) is 83.1 Å². The second-order valence-electron chi connectivity index (χ2n) is 9.17. The van der Waals surface area contributed by atoms with Gasteiger partial charge in [0.1, 0.15) is 0 Å². The fraction of sp³-hybridized carbons (Fsp3) is 0.500. The maximum Gasteiger partial charge on any atom is 0.173 e. The molecule has 9 heteroatoms. The van der Waals surface area contributed by atoms with Crippen molar-refractivity contribution in [3.05, 3.63) is 65.5 Å². The quantitative estimate of drug-likeness (QED) is 0.465. The van der Waals surface area contributed by atoms with E-state index in [0.717, 1.165) is 63.6 Å². The highest BCUT2D eigenvalue weighted by atomic mass is 16.5. The summed E-state index contributed by atoms with van der Waals surface area (Å²) in [7, 11) is 3.32. The number of piperazine rings is 1. The molecular weight excluding hydrogens is 444 g/mol. The third kappa shape index (κ3) is 5.47. The van der Waals surface area contributed by atoms with Gasteiger partial charge in [0, 0.05) is 39.3 Å². The molecule has 9 nitrogen and oxygen atoms in total. The van der Waals surface area contributed by atoms with Crippen LogP contribution < -0.4 is 9.47 Å². The maximum atomic E-state index is 5.88. The van der Waals surface area contributed by atoms with E-state index < -0.39 is 0 Å². The Morgan fingerprint density at radius 3 is 2.51 bits per heavy atom.